The number of benzene rings is 2. The average molecular weight is 370 g/mol. The van der Waals surface area contributed by atoms with Crippen LogP contribution in [0, 0.1) is 0 Å². The molecule has 2 rings (SSSR count). The molecule has 2 N–H and O–H groups in total. The summed E-state index contributed by atoms with van der Waals surface area (Å²) in [5, 5.41) is 5.47. The van der Waals surface area contributed by atoms with Crippen LogP contribution in [-0.4, -0.2) is 32.1 Å². The van der Waals surface area contributed by atoms with Crippen LogP contribution >= 0.6 is 0 Å². The van der Waals surface area contributed by atoms with E-state index in [9.17, 15) is 9.59 Å². The van der Waals surface area contributed by atoms with Crippen molar-refractivity contribution < 1.29 is 19.1 Å². The molecule has 0 saturated carbocycles. The minimum absolute atomic E-state index is 0.00586. The highest BCUT2D eigenvalue weighted by Gasteiger charge is 2.14. The van der Waals surface area contributed by atoms with Crippen molar-refractivity contribution in [2.45, 2.75) is 26.7 Å². The lowest BCUT2D eigenvalue weighted by atomic mass is 10.1. The van der Waals surface area contributed by atoms with Gasteiger partial charge in [-0.25, -0.2) is 0 Å². The zero-order valence-electron chi connectivity index (χ0n) is 16.0. The molecule has 0 aliphatic carbocycles. The van der Waals surface area contributed by atoms with Crippen LogP contribution in [0.25, 0.3) is 0 Å². The Balaban J connectivity index is 2.06. The maximum atomic E-state index is 12.6. The molecule has 6 nitrogen and oxygen atoms in total. The van der Waals surface area contributed by atoms with Crippen molar-refractivity contribution in [2.24, 2.45) is 0 Å². The lowest BCUT2D eigenvalue weighted by Crippen LogP contribution is -2.17. The maximum Gasteiger partial charge on any atom is 0.259 e. The van der Waals surface area contributed by atoms with Crippen molar-refractivity contribution in [3.8, 4) is 11.5 Å². The Kier molecular flexibility index (Phi) is 7.67. The molecule has 0 aliphatic rings. The fourth-order valence-corrected chi connectivity index (χ4v) is 2.56. The van der Waals surface area contributed by atoms with Crippen LogP contribution in [0.15, 0.2) is 42.5 Å². The van der Waals surface area contributed by atoms with E-state index in [2.05, 4.69) is 10.6 Å². The van der Waals surface area contributed by atoms with Gasteiger partial charge in [0.15, 0.2) is 0 Å². The minimum Gasteiger partial charge on any atom is -0.494 e. The van der Waals surface area contributed by atoms with Crippen molar-refractivity contribution in [2.75, 3.05) is 25.6 Å². The Bertz CT molecular complexity index is 772. The predicted octanol–water partition coefficient (Wildman–Crippen LogP) is 3.41. The summed E-state index contributed by atoms with van der Waals surface area (Å²) in [6, 6.07) is 12.6. The van der Waals surface area contributed by atoms with Crippen molar-refractivity contribution >= 4 is 17.5 Å². The second-order valence-electron chi connectivity index (χ2n) is 5.85. The van der Waals surface area contributed by atoms with E-state index in [-0.39, 0.29) is 11.8 Å². The number of hydrogen-bond acceptors (Lipinski definition) is 4. The Morgan fingerprint density at radius 3 is 2.30 bits per heavy atom. The van der Waals surface area contributed by atoms with Crippen molar-refractivity contribution in [1.29, 1.82) is 0 Å². The molecule has 0 unspecified atom stereocenters. The highest BCUT2D eigenvalue weighted by atomic mass is 16.5. The van der Waals surface area contributed by atoms with Crippen LogP contribution < -0.4 is 20.1 Å². The van der Waals surface area contributed by atoms with E-state index >= 15 is 0 Å². The summed E-state index contributed by atoms with van der Waals surface area (Å²) in [6.45, 7) is 4.77. The smallest absolute Gasteiger partial charge is 0.259 e. The van der Waals surface area contributed by atoms with E-state index in [0.29, 0.717) is 48.8 Å². The molecular formula is C21H26N2O4. The zero-order valence-corrected chi connectivity index (χ0v) is 16.0. The number of ether oxygens (including phenoxy) is 2. The van der Waals surface area contributed by atoms with E-state index in [4.69, 9.17) is 9.47 Å². The largest absolute Gasteiger partial charge is 0.494 e. The molecule has 0 heterocycles. The summed E-state index contributed by atoms with van der Waals surface area (Å²) in [4.78, 5) is 23.9. The summed E-state index contributed by atoms with van der Waals surface area (Å²) in [5.74, 6) is 0.909. The van der Waals surface area contributed by atoms with Crippen LogP contribution in [0.4, 0.5) is 5.69 Å². The van der Waals surface area contributed by atoms with Gasteiger partial charge in [-0.2, -0.15) is 0 Å². The van der Waals surface area contributed by atoms with E-state index in [1.54, 1.807) is 25.2 Å². The number of anilines is 1. The lowest BCUT2D eigenvalue weighted by molar-refractivity contribution is -0.120. The van der Waals surface area contributed by atoms with Gasteiger partial charge in [0.1, 0.15) is 11.5 Å². The summed E-state index contributed by atoms with van der Waals surface area (Å²) in [7, 11) is 1.62. The monoisotopic (exact) mass is 370 g/mol. The molecule has 0 aromatic heterocycles. The highest BCUT2D eigenvalue weighted by Crippen LogP contribution is 2.26. The van der Waals surface area contributed by atoms with Crippen LogP contribution in [-0.2, 0) is 11.2 Å². The fourth-order valence-electron chi connectivity index (χ4n) is 2.56. The van der Waals surface area contributed by atoms with Gasteiger partial charge in [-0.3, -0.25) is 9.59 Å². The van der Waals surface area contributed by atoms with Crippen LogP contribution in [0.1, 0.15) is 36.2 Å². The van der Waals surface area contributed by atoms with Crippen LogP contribution in [0.3, 0.4) is 0 Å². The molecule has 0 fully saturated rings. The first kappa shape index (κ1) is 20.3. The first-order chi connectivity index (χ1) is 13.1. The van der Waals surface area contributed by atoms with E-state index < -0.39 is 0 Å². The second kappa shape index (κ2) is 10.2. The Hall–Kier alpha value is -3.02. The highest BCUT2D eigenvalue weighted by molar-refractivity contribution is 6.06. The number of hydrogen-bond donors (Lipinski definition) is 2. The normalized spacial score (nSPS) is 10.2. The Morgan fingerprint density at radius 1 is 0.963 bits per heavy atom. The second-order valence-corrected chi connectivity index (χ2v) is 5.85. The predicted molar refractivity (Wildman–Crippen MR) is 106 cm³/mol. The first-order valence-corrected chi connectivity index (χ1v) is 9.07. The fraction of sp³-hybridized carbons (Fsp3) is 0.333. The first-order valence-electron chi connectivity index (χ1n) is 9.07. The molecule has 0 bridgehead atoms. The van der Waals surface area contributed by atoms with Gasteiger partial charge in [-0.1, -0.05) is 12.1 Å². The summed E-state index contributed by atoms with van der Waals surface area (Å²) in [5.41, 5.74) is 2.16. The van der Waals surface area contributed by atoms with Crippen molar-refractivity contribution in [3.63, 3.8) is 0 Å². The number of carbonyl (C=O) groups excluding carboxylic acids is 2. The Labute approximate surface area is 159 Å². The van der Waals surface area contributed by atoms with Gasteiger partial charge in [-0.15, -0.1) is 0 Å². The molecule has 144 valence electrons. The average Bonchev–Trinajstić information content (AvgIpc) is 2.68. The third-order valence-electron chi connectivity index (χ3n) is 3.94. The molecule has 0 spiro atoms. The third-order valence-corrected chi connectivity index (χ3v) is 3.94. The quantitative estimate of drug-likeness (QED) is 0.709. The summed E-state index contributed by atoms with van der Waals surface area (Å²) < 4.78 is 11.1. The van der Waals surface area contributed by atoms with Gasteiger partial charge in [0.2, 0.25) is 5.91 Å². The molecule has 2 aromatic rings. The third kappa shape index (κ3) is 6.02. The van der Waals surface area contributed by atoms with E-state index in [1.165, 1.54) is 0 Å². The topological polar surface area (TPSA) is 76.7 Å². The number of aryl methyl sites for hydroxylation is 1. The van der Waals surface area contributed by atoms with Gasteiger partial charge < -0.3 is 20.1 Å². The number of amides is 2. The van der Waals surface area contributed by atoms with Gasteiger partial charge in [0, 0.05) is 25.2 Å². The van der Waals surface area contributed by atoms with Crippen LogP contribution in [0.2, 0.25) is 0 Å². The molecular weight excluding hydrogens is 344 g/mol. The number of carbonyl (C=O) groups is 2. The van der Waals surface area contributed by atoms with Gasteiger partial charge in [-0.05, 0) is 50.1 Å². The molecule has 0 atom stereocenters. The van der Waals surface area contributed by atoms with Gasteiger partial charge >= 0.3 is 0 Å². The molecule has 0 saturated heterocycles. The lowest BCUT2D eigenvalue weighted by Gasteiger charge is -2.13. The Morgan fingerprint density at radius 2 is 1.67 bits per heavy atom. The molecule has 0 radical (unpaired) electrons. The molecule has 6 heteroatoms. The van der Waals surface area contributed by atoms with Crippen LogP contribution in [0.5, 0.6) is 11.5 Å². The minimum atomic E-state index is -0.250. The summed E-state index contributed by atoms with van der Waals surface area (Å²) >= 11 is 0. The molecule has 2 aromatic carbocycles. The molecule has 2 amide bonds. The van der Waals surface area contributed by atoms with Crippen molar-refractivity contribution in [3.05, 3.63) is 53.6 Å². The number of rotatable bonds is 9. The SMILES string of the molecule is CCOc1ccc(C(=O)Nc2ccc(CCC(=O)NC)cc2)c(OCC)c1. The maximum absolute atomic E-state index is 12.6. The van der Waals surface area contributed by atoms with E-state index in [0.717, 1.165) is 5.56 Å². The van der Waals surface area contributed by atoms with Gasteiger partial charge in [0.05, 0.1) is 18.8 Å². The number of nitrogens with one attached hydrogen (secondary N) is 2. The molecule has 27 heavy (non-hydrogen) atoms. The zero-order chi connectivity index (χ0) is 19.6. The van der Waals surface area contributed by atoms with E-state index in [1.807, 2.05) is 38.1 Å². The van der Waals surface area contributed by atoms with Gasteiger partial charge in [0.25, 0.3) is 5.91 Å². The standard InChI is InChI=1S/C21H26N2O4/c1-4-26-17-11-12-18(19(14-17)27-5-2)21(25)23-16-9-6-15(7-10-16)8-13-20(24)22-3/h6-7,9-12,14H,4-5,8,13H2,1-3H3,(H,22,24)(H,23,25). The molecule has 0 aliphatic heterocycles. The summed E-state index contributed by atoms with van der Waals surface area (Å²) in [6.07, 6.45) is 1.09. The van der Waals surface area contributed by atoms with Crippen molar-refractivity contribution in [1.82, 2.24) is 5.32 Å².